The van der Waals surface area contributed by atoms with Gasteiger partial charge in [-0.15, -0.1) is 0 Å². The Hall–Kier alpha value is -4.55. The van der Waals surface area contributed by atoms with Crippen LogP contribution in [0.2, 0.25) is 0 Å². The van der Waals surface area contributed by atoms with E-state index in [1.54, 1.807) is 31.4 Å². The van der Waals surface area contributed by atoms with Gasteiger partial charge in [-0.05, 0) is 76.9 Å². The molecule has 0 N–H and O–H groups in total. The minimum atomic E-state index is -4.03. The molecule has 7 nitrogen and oxygen atoms in total. The van der Waals surface area contributed by atoms with Crippen molar-refractivity contribution in [2.75, 3.05) is 7.11 Å². The van der Waals surface area contributed by atoms with Gasteiger partial charge in [-0.3, -0.25) is 4.68 Å². The maximum absolute atomic E-state index is 15.5. The highest BCUT2D eigenvalue weighted by molar-refractivity contribution is 9.10. The Morgan fingerprint density at radius 2 is 1.61 bits per heavy atom. The van der Waals surface area contributed by atoms with Gasteiger partial charge >= 0.3 is 0 Å². The van der Waals surface area contributed by atoms with E-state index in [2.05, 4.69) is 21.0 Å². The predicted octanol–water partition coefficient (Wildman–Crippen LogP) is 8.08. The quantitative estimate of drug-likeness (QED) is 0.162. The number of halogens is 4. The van der Waals surface area contributed by atoms with Crippen LogP contribution in [0.15, 0.2) is 101 Å². The van der Waals surface area contributed by atoms with E-state index >= 15 is 4.39 Å². The van der Waals surface area contributed by atoms with Crippen LogP contribution in [0.25, 0.3) is 22.2 Å². The molecule has 0 fully saturated rings. The van der Waals surface area contributed by atoms with Gasteiger partial charge < -0.3 is 9.47 Å². The van der Waals surface area contributed by atoms with E-state index in [0.29, 0.717) is 11.1 Å². The van der Waals surface area contributed by atoms with E-state index in [9.17, 15) is 17.2 Å². The molecule has 0 unspecified atom stereocenters. The number of benzene rings is 4. The molecule has 0 bridgehead atoms. The molecule has 6 aromatic rings. The molecule has 224 valence electrons. The second-order valence-corrected chi connectivity index (χ2v) is 12.6. The van der Waals surface area contributed by atoms with E-state index in [4.69, 9.17) is 9.47 Å². The lowest BCUT2D eigenvalue weighted by molar-refractivity contribution is 0.413. The summed E-state index contributed by atoms with van der Waals surface area (Å²) in [7, 11) is -2.47. The highest BCUT2D eigenvalue weighted by Gasteiger charge is 2.24. The van der Waals surface area contributed by atoms with Gasteiger partial charge in [0.1, 0.15) is 11.4 Å². The second kappa shape index (κ2) is 11.5. The molecule has 0 atom stereocenters. The number of rotatable bonds is 8. The number of ether oxygens (including phenoxy) is 2. The van der Waals surface area contributed by atoms with E-state index < -0.39 is 27.5 Å². The van der Waals surface area contributed by atoms with Crippen molar-refractivity contribution in [1.29, 1.82) is 0 Å². The zero-order valence-corrected chi connectivity index (χ0v) is 25.7. The lowest BCUT2D eigenvalue weighted by atomic mass is 10.1. The first kappa shape index (κ1) is 29.5. The van der Waals surface area contributed by atoms with E-state index in [0.717, 1.165) is 27.2 Å². The first-order chi connectivity index (χ1) is 21.0. The molecule has 0 aliphatic rings. The van der Waals surface area contributed by atoms with Crippen molar-refractivity contribution in [3.63, 3.8) is 0 Å². The number of fused-ring (bicyclic) bond motifs is 1. The number of aryl methyl sites for hydroxylation is 1. The van der Waals surface area contributed by atoms with Crippen molar-refractivity contribution in [1.82, 2.24) is 13.8 Å². The summed E-state index contributed by atoms with van der Waals surface area (Å²) < 4.78 is 85.2. The molecular weight excluding hydrogens is 659 g/mol. The van der Waals surface area contributed by atoms with Gasteiger partial charge in [-0.2, -0.15) is 5.10 Å². The SMILES string of the molecule is COc1ccc(Cn2cc(F)c(-c3ccc(F)c(Oc4c(F)cc5c(ccn5S(=O)(=O)c5ccc(C)cc5)c4Br)c3)n2)cc1. The standard InChI is InChI=1S/C32H23BrF3N3O4S/c1-19-3-10-23(11-4-19)44(40,41)39-14-13-24-28(39)16-26(35)32(30(24)33)43-29-15-21(7-12-25(29)34)31-27(36)18-38(37-31)17-20-5-8-22(42-2)9-6-20/h3-16,18H,17H2,1-2H3. The molecule has 0 saturated heterocycles. The minimum Gasteiger partial charge on any atom is -0.497 e. The molecule has 12 heteroatoms. The van der Waals surface area contributed by atoms with Gasteiger partial charge in [0.25, 0.3) is 10.0 Å². The van der Waals surface area contributed by atoms with E-state index in [1.165, 1.54) is 47.4 Å². The maximum atomic E-state index is 15.5. The van der Waals surface area contributed by atoms with Gasteiger partial charge in [-0.25, -0.2) is 25.6 Å². The van der Waals surface area contributed by atoms with Crippen LogP contribution in [0, 0.1) is 24.4 Å². The van der Waals surface area contributed by atoms with Crippen LogP contribution in [0.1, 0.15) is 11.1 Å². The molecule has 0 spiro atoms. The van der Waals surface area contributed by atoms with Crippen LogP contribution in [0.5, 0.6) is 17.2 Å². The highest BCUT2D eigenvalue weighted by Crippen LogP contribution is 2.41. The van der Waals surface area contributed by atoms with Gasteiger partial charge in [0.2, 0.25) is 0 Å². The summed E-state index contributed by atoms with van der Waals surface area (Å²) in [6.45, 7) is 2.12. The summed E-state index contributed by atoms with van der Waals surface area (Å²) in [6, 6.07) is 19.6. The smallest absolute Gasteiger partial charge is 0.268 e. The van der Waals surface area contributed by atoms with Gasteiger partial charge in [0.15, 0.2) is 29.0 Å². The van der Waals surface area contributed by atoms with Gasteiger partial charge in [-0.1, -0.05) is 29.8 Å². The first-order valence-electron chi connectivity index (χ1n) is 13.2. The molecule has 2 aromatic heterocycles. The van der Waals surface area contributed by atoms with Crippen LogP contribution >= 0.6 is 15.9 Å². The predicted molar refractivity (Wildman–Crippen MR) is 163 cm³/mol. The third kappa shape index (κ3) is 5.46. The van der Waals surface area contributed by atoms with Crippen LogP contribution < -0.4 is 9.47 Å². The van der Waals surface area contributed by atoms with Gasteiger partial charge in [0.05, 0.1) is 34.7 Å². The molecule has 0 radical (unpaired) electrons. The van der Waals surface area contributed by atoms with Crippen LogP contribution in [-0.2, 0) is 16.6 Å². The Bertz CT molecular complexity index is 2130. The molecule has 0 aliphatic heterocycles. The molecular formula is C32H23BrF3N3O4S. The second-order valence-electron chi connectivity index (χ2n) is 9.98. The Balaban J connectivity index is 1.31. The third-order valence-electron chi connectivity index (χ3n) is 7.02. The Labute approximate surface area is 259 Å². The molecule has 44 heavy (non-hydrogen) atoms. The average Bonchev–Trinajstić information content (AvgIpc) is 3.60. The van der Waals surface area contributed by atoms with E-state index in [-0.39, 0.29) is 44.2 Å². The summed E-state index contributed by atoms with van der Waals surface area (Å²) in [6.07, 6.45) is 2.53. The summed E-state index contributed by atoms with van der Waals surface area (Å²) in [5, 5.41) is 4.63. The fourth-order valence-electron chi connectivity index (χ4n) is 4.72. The molecule has 2 heterocycles. The molecule has 0 aliphatic carbocycles. The van der Waals surface area contributed by atoms with E-state index in [1.807, 2.05) is 19.1 Å². The van der Waals surface area contributed by atoms with Crippen molar-refractivity contribution in [2.24, 2.45) is 0 Å². The molecule has 0 amide bonds. The van der Waals surface area contributed by atoms with Gasteiger partial charge in [0, 0.05) is 23.2 Å². The third-order valence-corrected chi connectivity index (χ3v) is 9.51. The van der Waals surface area contributed by atoms with Crippen molar-refractivity contribution < 1.29 is 31.1 Å². The fraction of sp³-hybridized carbons (Fsp3) is 0.0938. The molecule has 4 aromatic carbocycles. The summed E-state index contributed by atoms with van der Waals surface area (Å²) in [5.74, 6) is -2.46. The number of hydrogen-bond acceptors (Lipinski definition) is 5. The normalized spacial score (nSPS) is 11.7. The Kier molecular flexibility index (Phi) is 7.72. The Morgan fingerprint density at radius 1 is 0.886 bits per heavy atom. The van der Waals surface area contributed by atoms with Crippen LogP contribution in [0.4, 0.5) is 13.2 Å². The lowest BCUT2D eigenvalue weighted by Crippen LogP contribution is -2.12. The van der Waals surface area contributed by atoms with Crippen molar-refractivity contribution in [3.05, 3.63) is 124 Å². The molecule has 0 saturated carbocycles. The van der Waals surface area contributed by atoms with Crippen LogP contribution in [0.3, 0.4) is 0 Å². The Morgan fingerprint density at radius 3 is 2.32 bits per heavy atom. The number of aromatic nitrogens is 3. The summed E-state index contributed by atoms with van der Waals surface area (Å²) in [5.41, 5.74) is 1.97. The zero-order valence-electron chi connectivity index (χ0n) is 23.3. The zero-order chi connectivity index (χ0) is 31.2. The maximum Gasteiger partial charge on any atom is 0.268 e. The molecule has 6 rings (SSSR count). The largest absolute Gasteiger partial charge is 0.497 e. The van der Waals surface area contributed by atoms with Crippen molar-refractivity contribution >= 4 is 36.9 Å². The lowest BCUT2D eigenvalue weighted by Gasteiger charge is -2.13. The monoisotopic (exact) mass is 681 g/mol. The first-order valence-corrected chi connectivity index (χ1v) is 15.4. The minimum absolute atomic E-state index is 0.0371. The van der Waals surface area contributed by atoms with Crippen molar-refractivity contribution in [2.45, 2.75) is 18.4 Å². The average molecular weight is 683 g/mol. The highest BCUT2D eigenvalue weighted by atomic mass is 79.9. The summed E-state index contributed by atoms with van der Waals surface area (Å²) >= 11 is 3.30. The van der Waals surface area contributed by atoms with Crippen molar-refractivity contribution in [3.8, 4) is 28.5 Å². The number of nitrogens with zero attached hydrogens (tertiary/aromatic N) is 3. The number of methoxy groups -OCH3 is 1. The topological polar surface area (TPSA) is 75.3 Å². The van der Waals surface area contributed by atoms with Crippen LogP contribution in [-0.4, -0.2) is 29.3 Å². The summed E-state index contributed by atoms with van der Waals surface area (Å²) in [4.78, 5) is 0.0371. The number of hydrogen-bond donors (Lipinski definition) is 0. The fourth-order valence-corrected chi connectivity index (χ4v) is 6.67.